The molecular formula is C11H12ClF2NO2. The Kier molecular flexibility index (Phi) is 3.81. The van der Waals surface area contributed by atoms with E-state index in [0.717, 1.165) is 6.54 Å². The van der Waals surface area contributed by atoms with E-state index >= 15 is 0 Å². The van der Waals surface area contributed by atoms with Crippen LogP contribution in [0.1, 0.15) is 11.7 Å². The zero-order valence-electron chi connectivity index (χ0n) is 9.23. The van der Waals surface area contributed by atoms with Crippen LogP contribution in [0.2, 0.25) is 5.02 Å². The van der Waals surface area contributed by atoms with Gasteiger partial charge in [0, 0.05) is 18.7 Å². The molecule has 0 aromatic heterocycles. The van der Waals surface area contributed by atoms with Gasteiger partial charge in [0.15, 0.2) is 11.6 Å². The number of methoxy groups -OCH3 is 1. The minimum Gasteiger partial charge on any atom is -0.493 e. The average Bonchev–Trinajstić information content (AvgIpc) is 2.36. The van der Waals surface area contributed by atoms with Crippen LogP contribution in [0, 0.1) is 11.6 Å². The lowest BCUT2D eigenvalue weighted by Gasteiger charge is -2.25. The van der Waals surface area contributed by atoms with Gasteiger partial charge in [0.25, 0.3) is 0 Å². The summed E-state index contributed by atoms with van der Waals surface area (Å²) in [5, 5.41) is 2.83. The van der Waals surface area contributed by atoms with Crippen molar-refractivity contribution in [1.29, 1.82) is 0 Å². The topological polar surface area (TPSA) is 30.5 Å². The molecule has 0 spiro atoms. The second kappa shape index (κ2) is 5.16. The van der Waals surface area contributed by atoms with Gasteiger partial charge in [-0.05, 0) is 6.07 Å². The predicted octanol–water partition coefficient (Wildman–Crippen LogP) is 2.29. The number of benzene rings is 1. The van der Waals surface area contributed by atoms with Crippen LogP contribution in [0.3, 0.4) is 0 Å². The van der Waals surface area contributed by atoms with E-state index in [1.165, 1.54) is 13.2 Å². The first-order valence-electron chi connectivity index (χ1n) is 5.19. The summed E-state index contributed by atoms with van der Waals surface area (Å²) >= 11 is 5.62. The Labute approximate surface area is 103 Å². The minimum absolute atomic E-state index is 0.152. The van der Waals surface area contributed by atoms with Crippen LogP contribution < -0.4 is 10.1 Å². The highest BCUT2D eigenvalue weighted by Gasteiger charge is 2.25. The first-order valence-corrected chi connectivity index (χ1v) is 5.56. The number of ether oxygens (including phenoxy) is 2. The highest BCUT2D eigenvalue weighted by Crippen LogP contribution is 2.35. The van der Waals surface area contributed by atoms with Crippen molar-refractivity contribution in [2.24, 2.45) is 0 Å². The number of nitrogens with one attached hydrogen (secondary N) is 1. The summed E-state index contributed by atoms with van der Waals surface area (Å²) in [6.45, 7) is 1.75. The Bertz CT molecular complexity index is 422. The summed E-state index contributed by atoms with van der Waals surface area (Å²) in [5.74, 6) is -2.33. The summed E-state index contributed by atoms with van der Waals surface area (Å²) in [7, 11) is 1.28. The van der Waals surface area contributed by atoms with Gasteiger partial charge < -0.3 is 14.8 Å². The molecule has 1 aromatic rings. The summed E-state index contributed by atoms with van der Waals surface area (Å²) in [6.07, 6.45) is -0.383. The molecular weight excluding hydrogens is 252 g/mol. The van der Waals surface area contributed by atoms with E-state index in [2.05, 4.69) is 5.32 Å². The fraction of sp³-hybridized carbons (Fsp3) is 0.455. The van der Waals surface area contributed by atoms with Crippen molar-refractivity contribution < 1.29 is 18.3 Å². The first-order chi connectivity index (χ1) is 8.15. The summed E-state index contributed by atoms with van der Waals surface area (Å²) in [6, 6.07) is 1.34. The molecule has 0 radical (unpaired) electrons. The van der Waals surface area contributed by atoms with E-state index in [1.54, 1.807) is 0 Å². The van der Waals surface area contributed by atoms with Gasteiger partial charge in [0.1, 0.15) is 0 Å². The second-order valence-corrected chi connectivity index (χ2v) is 4.08. The average molecular weight is 264 g/mol. The van der Waals surface area contributed by atoms with Crippen molar-refractivity contribution in [1.82, 2.24) is 5.32 Å². The third-order valence-electron chi connectivity index (χ3n) is 2.62. The van der Waals surface area contributed by atoms with Crippen molar-refractivity contribution in [3.05, 3.63) is 28.3 Å². The quantitative estimate of drug-likeness (QED) is 0.831. The fourth-order valence-electron chi connectivity index (χ4n) is 1.81. The Morgan fingerprint density at radius 2 is 2.24 bits per heavy atom. The van der Waals surface area contributed by atoms with Gasteiger partial charge in [-0.1, -0.05) is 11.6 Å². The molecule has 94 valence electrons. The molecule has 0 amide bonds. The third-order valence-corrected chi connectivity index (χ3v) is 2.90. The number of morpholine rings is 1. The van der Waals surface area contributed by atoms with Gasteiger partial charge in [0.05, 0.1) is 24.8 Å². The molecule has 1 aromatic carbocycles. The van der Waals surface area contributed by atoms with E-state index < -0.39 is 11.6 Å². The maximum atomic E-state index is 13.6. The Hall–Kier alpha value is -0.910. The van der Waals surface area contributed by atoms with Gasteiger partial charge in [0.2, 0.25) is 5.82 Å². The van der Waals surface area contributed by atoms with Gasteiger partial charge in [-0.15, -0.1) is 0 Å². The summed E-state index contributed by atoms with van der Waals surface area (Å²) in [5.41, 5.74) is 0.420. The third kappa shape index (κ3) is 2.36. The molecule has 1 aliphatic heterocycles. The Balaban J connectivity index is 2.44. The van der Waals surface area contributed by atoms with Crippen molar-refractivity contribution in [3.8, 4) is 5.75 Å². The SMILES string of the molecule is COc1c(C2CNCCO2)cc(Cl)c(F)c1F. The number of hydrogen-bond acceptors (Lipinski definition) is 3. The van der Waals surface area contributed by atoms with Crippen LogP contribution in [0.15, 0.2) is 6.07 Å². The lowest BCUT2D eigenvalue weighted by atomic mass is 10.1. The minimum atomic E-state index is -1.10. The molecule has 0 saturated carbocycles. The molecule has 1 N–H and O–H groups in total. The molecule has 0 bridgehead atoms. The molecule has 17 heavy (non-hydrogen) atoms. The van der Waals surface area contributed by atoms with E-state index in [4.69, 9.17) is 21.1 Å². The lowest BCUT2D eigenvalue weighted by Crippen LogP contribution is -2.33. The van der Waals surface area contributed by atoms with E-state index in [9.17, 15) is 8.78 Å². The normalized spacial score (nSPS) is 20.4. The van der Waals surface area contributed by atoms with Crippen molar-refractivity contribution in [3.63, 3.8) is 0 Å². The molecule has 1 heterocycles. The molecule has 1 aliphatic rings. The number of rotatable bonds is 2. The smallest absolute Gasteiger partial charge is 0.202 e. The Morgan fingerprint density at radius 3 is 2.82 bits per heavy atom. The molecule has 1 unspecified atom stereocenters. The second-order valence-electron chi connectivity index (χ2n) is 3.67. The molecule has 0 aliphatic carbocycles. The van der Waals surface area contributed by atoms with Gasteiger partial charge in [-0.3, -0.25) is 0 Å². The highest BCUT2D eigenvalue weighted by atomic mass is 35.5. The summed E-state index contributed by atoms with van der Waals surface area (Å²) < 4.78 is 37.2. The standard InChI is InChI=1S/C11H12ClF2NO2/c1-16-11-6(8-5-15-2-3-17-8)4-7(12)9(13)10(11)14/h4,8,15H,2-3,5H2,1H3. The molecule has 6 heteroatoms. The van der Waals surface area contributed by atoms with Gasteiger partial charge in [-0.2, -0.15) is 4.39 Å². The number of hydrogen-bond donors (Lipinski definition) is 1. The Morgan fingerprint density at radius 1 is 1.47 bits per heavy atom. The van der Waals surface area contributed by atoms with Gasteiger partial charge >= 0.3 is 0 Å². The van der Waals surface area contributed by atoms with Gasteiger partial charge in [-0.25, -0.2) is 4.39 Å². The van der Waals surface area contributed by atoms with E-state index in [1.807, 2.05) is 0 Å². The van der Waals surface area contributed by atoms with Crippen molar-refractivity contribution in [2.75, 3.05) is 26.8 Å². The van der Waals surface area contributed by atoms with Crippen LogP contribution in [0.5, 0.6) is 5.75 Å². The van der Waals surface area contributed by atoms with E-state index in [0.29, 0.717) is 18.7 Å². The maximum Gasteiger partial charge on any atom is 0.202 e. The van der Waals surface area contributed by atoms with Crippen molar-refractivity contribution >= 4 is 11.6 Å². The molecule has 1 fully saturated rings. The highest BCUT2D eigenvalue weighted by molar-refractivity contribution is 6.30. The molecule has 3 nitrogen and oxygen atoms in total. The molecule has 2 rings (SSSR count). The van der Waals surface area contributed by atoms with Crippen LogP contribution in [0.25, 0.3) is 0 Å². The monoisotopic (exact) mass is 263 g/mol. The van der Waals surface area contributed by atoms with Crippen molar-refractivity contribution in [2.45, 2.75) is 6.10 Å². The fourth-order valence-corrected chi connectivity index (χ4v) is 2.01. The maximum absolute atomic E-state index is 13.6. The largest absolute Gasteiger partial charge is 0.493 e. The molecule has 1 atom stereocenters. The summed E-state index contributed by atoms with van der Waals surface area (Å²) in [4.78, 5) is 0. The number of halogens is 3. The zero-order chi connectivity index (χ0) is 12.4. The van der Waals surface area contributed by atoms with Crippen LogP contribution in [-0.4, -0.2) is 26.8 Å². The first kappa shape index (κ1) is 12.5. The molecule has 1 saturated heterocycles. The van der Waals surface area contributed by atoms with Crippen LogP contribution in [0.4, 0.5) is 8.78 Å². The lowest BCUT2D eigenvalue weighted by molar-refractivity contribution is 0.0258. The predicted molar refractivity (Wildman–Crippen MR) is 59.5 cm³/mol. The zero-order valence-corrected chi connectivity index (χ0v) is 9.98. The van der Waals surface area contributed by atoms with Crippen LogP contribution >= 0.6 is 11.6 Å². The van der Waals surface area contributed by atoms with E-state index in [-0.39, 0.29) is 16.9 Å². The van der Waals surface area contributed by atoms with Crippen LogP contribution in [-0.2, 0) is 4.74 Å².